The van der Waals surface area contributed by atoms with E-state index < -0.39 is 29.9 Å². The van der Waals surface area contributed by atoms with Gasteiger partial charge in [0, 0.05) is 24.3 Å². The van der Waals surface area contributed by atoms with E-state index in [0.29, 0.717) is 12.0 Å². The third kappa shape index (κ3) is 2.00. The molecule has 1 aliphatic rings. The summed E-state index contributed by atoms with van der Waals surface area (Å²) < 4.78 is 1.27. The third-order valence-electron chi connectivity index (χ3n) is 3.54. The molecule has 0 spiro atoms. The van der Waals surface area contributed by atoms with E-state index in [0.717, 1.165) is 0 Å². The summed E-state index contributed by atoms with van der Waals surface area (Å²) in [6.07, 6.45) is -0.288. The molecule has 0 bridgehead atoms. The summed E-state index contributed by atoms with van der Waals surface area (Å²) in [4.78, 5) is 15.4. The average Bonchev–Trinajstić information content (AvgIpc) is 2.61. The fourth-order valence-electron chi connectivity index (χ4n) is 2.37. The minimum atomic E-state index is -1.09. The van der Waals surface area contributed by atoms with Gasteiger partial charge in [0.2, 0.25) is 0 Å². The van der Waals surface area contributed by atoms with Gasteiger partial charge in [-0.25, -0.2) is 4.79 Å². The van der Waals surface area contributed by atoms with Crippen molar-refractivity contribution >= 4 is 5.82 Å². The number of aliphatic hydroxyl groups is 3. The van der Waals surface area contributed by atoms with E-state index in [2.05, 4.69) is 4.98 Å². The summed E-state index contributed by atoms with van der Waals surface area (Å²) in [5.74, 6) is -0.280. The molecule has 5 N–H and O–H groups in total. The van der Waals surface area contributed by atoms with Crippen LogP contribution in [0.4, 0.5) is 5.82 Å². The maximum Gasteiger partial charge on any atom is 0.349 e. The fourth-order valence-corrected chi connectivity index (χ4v) is 2.37. The highest BCUT2D eigenvalue weighted by Crippen LogP contribution is 2.34. The summed E-state index contributed by atoms with van der Waals surface area (Å²) in [5, 5.41) is 28.7. The Labute approximate surface area is 104 Å². The first-order valence-electron chi connectivity index (χ1n) is 5.78. The number of hydrogen-bond donors (Lipinski definition) is 4. The second-order valence-corrected chi connectivity index (χ2v) is 4.73. The van der Waals surface area contributed by atoms with Crippen LogP contribution >= 0.6 is 0 Å². The molecule has 0 aliphatic heterocycles. The summed E-state index contributed by atoms with van der Waals surface area (Å²) >= 11 is 0. The van der Waals surface area contributed by atoms with Gasteiger partial charge in [0.05, 0.1) is 12.1 Å². The second kappa shape index (κ2) is 4.68. The average molecular weight is 255 g/mol. The predicted molar refractivity (Wildman–Crippen MR) is 63.9 cm³/mol. The molecular weight excluding hydrogens is 238 g/mol. The van der Waals surface area contributed by atoms with Gasteiger partial charge in [-0.3, -0.25) is 4.57 Å². The lowest BCUT2D eigenvalue weighted by molar-refractivity contribution is -0.00455. The molecule has 7 heteroatoms. The molecule has 1 aromatic heterocycles. The van der Waals surface area contributed by atoms with Crippen molar-refractivity contribution in [1.82, 2.24) is 9.55 Å². The minimum absolute atomic E-state index is 0.156. The van der Waals surface area contributed by atoms with E-state index in [4.69, 9.17) is 10.8 Å². The molecule has 0 aromatic carbocycles. The van der Waals surface area contributed by atoms with Crippen LogP contribution in [-0.4, -0.2) is 43.7 Å². The summed E-state index contributed by atoms with van der Waals surface area (Å²) in [5.41, 5.74) is 5.59. The number of aromatic nitrogens is 2. The number of anilines is 1. The van der Waals surface area contributed by atoms with Gasteiger partial charge in [-0.1, -0.05) is 0 Å². The Balaban J connectivity index is 2.39. The van der Waals surface area contributed by atoms with E-state index in [1.54, 1.807) is 6.92 Å². The van der Waals surface area contributed by atoms with Crippen LogP contribution in [-0.2, 0) is 0 Å². The fraction of sp³-hybridized carbons (Fsp3) is 0.636. The van der Waals surface area contributed by atoms with Gasteiger partial charge in [-0.2, -0.15) is 4.98 Å². The molecular formula is C11H17N3O4. The molecule has 4 atom stereocenters. The Hall–Kier alpha value is -1.44. The Morgan fingerprint density at radius 3 is 2.72 bits per heavy atom. The lowest BCUT2D eigenvalue weighted by atomic mass is 10.1. The number of aryl methyl sites for hydroxylation is 1. The van der Waals surface area contributed by atoms with Crippen molar-refractivity contribution in [2.75, 3.05) is 12.3 Å². The first kappa shape index (κ1) is 13.0. The minimum Gasteiger partial charge on any atom is -0.396 e. The van der Waals surface area contributed by atoms with Crippen molar-refractivity contribution in [2.45, 2.75) is 31.6 Å². The van der Waals surface area contributed by atoms with Crippen LogP contribution in [0.1, 0.15) is 18.0 Å². The molecule has 0 amide bonds. The lowest BCUT2D eigenvalue weighted by Crippen LogP contribution is -2.35. The summed E-state index contributed by atoms with van der Waals surface area (Å²) in [6.45, 7) is 1.48. The van der Waals surface area contributed by atoms with E-state index in [1.165, 1.54) is 10.8 Å². The largest absolute Gasteiger partial charge is 0.396 e. The molecule has 7 nitrogen and oxygen atoms in total. The number of nitrogen functional groups attached to an aromatic ring is 1. The van der Waals surface area contributed by atoms with Crippen LogP contribution in [0.5, 0.6) is 0 Å². The van der Waals surface area contributed by atoms with Crippen LogP contribution in [0.25, 0.3) is 0 Å². The van der Waals surface area contributed by atoms with Crippen molar-refractivity contribution in [2.24, 2.45) is 5.92 Å². The molecule has 1 aromatic rings. The van der Waals surface area contributed by atoms with Crippen molar-refractivity contribution in [3.63, 3.8) is 0 Å². The molecule has 0 unspecified atom stereocenters. The van der Waals surface area contributed by atoms with Crippen LogP contribution in [0.2, 0.25) is 0 Å². The number of rotatable bonds is 2. The molecule has 0 saturated heterocycles. The van der Waals surface area contributed by atoms with Crippen LogP contribution in [0.3, 0.4) is 0 Å². The van der Waals surface area contributed by atoms with E-state index in [9.17, 15) is 15.0 Å². The van der Waals surface area contributed by atoms with Gasteiger partial charge in [0.15, 0.2) is 0 Å². The van der Waals surface area contributed by atoms with Gasteiger partial charge < -0.3 is 21.1 Å². The first-order chi connectivity index (χ1) is 8.45. The zero-order valence-electron chi connectivity index (χ0n) is 10.0. The van der Waals surface area contributed by atoms with Gasteiger partial charge >= 0.3 is 5.69 Å². The smallest absolute Gasteiger partial charge is 0.349 e. The van der Waals surface area contributed by atoms with Gasteiger partial charge in [0.1, 0.15) is 11.9 Å². The van der Waals surface area contributed by atoms with Crippen molar-refractivity contribution in [3.05, 3.63) is 22.2 Å². The number of nitrogens with zero attached hydrogens (tertiary/aromatic N) is 2. The zero-order chi connectivity index (χ0) is 13.4. The monoisotopic (exact) mass is 255 g/mol. The number of aliphatic hydroxyl groups excluding tert-OH is 3. The van der Waals surface area contributed by atoms with Crippen LogP contribution in [0, 0.1) is 12.8 Å². The summed E-state index contributed by atoms with van der Waals surface area (Å²) in [6, 6.07) is -0.587. The summed E-state index contributed by atoms with van der Waals surface area (Å²) in [7, 11) is 0. The molecule has 18 heavy (non-hydrogen) atoms. The van der Waals surface area contributed by atoms with Gasteiger partial charge in [-0.15, -0.1) is 0 Å². The Morgan fingerprint density at radius 2 is 2.17 bits per heavy atom. The molecule has 0 radical (unpaired) electrons. The highest BCUT2D eigenvalue weighted by Gasteiger charge is 2.42. The quantitative estimate of drug-likeness (QED) is 0.505. The van der Waals surface area contributed by atoms with Gasteiger partial charge in [0.25, 0.3) is 0 Å². The number of nitrogens with two attached hydrogens (primary N) is 1. The maximum atomic E-state index is 11.7. The van der Waals surface area contributed by atoms with Crippen molar-refractivity contribution in [3.8, 4) is 0 Å². The number of hydrogen-bond acceptors (Lipinski definition) is 6. The molecule has 1 saturated carbocycles. The maximum absolute atomic E-state index is 11.7. The highest BCUT2D eigenvalue weighted by molar-refractivity contribution is 5.35. The molecule has 1 fully saturated rings. The Kier molecular flexibility index (Phi) is 3.38. The molecule has 2 rings (SSSR count). The molecule has 1 heterocycles. The van der Waals surface area contributed by atoms with E-state index in [-0.39, 0.29) is 12.4 Å². The SMILES string of the molecule is Cc1cn([C@H]2C[C@@H](CO)[C@H](O)[C@@H]2O)c(=O)nc1N. The van der Waals surface area contributed by atoms with Crippen LogP contribution in [0.15, 0.2) is 11.0 Å². The third-order valence-corrected chi connectivity index (χ3v) is 3.54. The Bertz CT molecular complexity index is 502. The standard InChI is InChI=1S/C11H17N3O4/c1-5-3-14(11(18)13-10(5)12)7-2-6(4-15)8(16)9(7)17/h3,6-9,15-17H,2,4H2,1H3,(H2,12,13,18)/t6-,7-,8-,9+/m0/s1. The first-order valence-corrected chi connectivity index (χ1v) is 5.78. The Morgan fingerprint density at radius 1 is 1.50 bits per heavy atom. The molecule has 100 valence electrons. The van der Waals surface area contributed by atoms with Crippen molar-refractivity contribution in [1.29, 1.82) is 0 Å². The predicted octanol–water partition coefficient (Wildman–Crippen LogP) is -1.59. The normalized spacial score (nSPS) is 31.8. The molecule has 1 aliphatic carbocycles. The van der Waals surface area contributed by atoms with E-state index in [1.807, 2.05) is 0 Å². The second-order valence-electron chi connectivity index (χ2n) is 4.73. The van der Waals surface area contributed by atoms with Gasteiger partial charge in [-0.05, 0) is 13.3 Å². The lowest BCUT2D eigenvalue weighted by Gasteiger charge is -2.19. The van der Waals surface area contributed by atoms with Crippen molar-refractivity contribution < 1.29 is 15.3 Å². The topological polar surface area (TPSA) is 122 Å². The zero-order valence-corrected chi connectivity index (χ0v) is 10.0. The highest BCUT2D eigenvalue weighted by atomic mass is 16.3. The van der Waals surface area contributed by atoms with Crippen LogP contribution < -0.4 is 11.4 Å². The van der Waals surface area contributed by atoms with E-state index >= 15 is 0 Å².